The molecule has 0 N–H and O–H groups in total. The monoisotopic (exact) mass is 242 g/mol. The molecule has 9 heteroatoms. The first-order valence-electron chi connectivity index (χ1n) is 3.11. The molecule has 86 valence electrons. The van der Waals surface area contributed by atoms with Gasteiger partial charge in [-0.3, -0.25) is 0 Å². The first-order chi connectivity index (χ1) is 5.52. The van der Waals surface area contributed by atoms with Gasteiger partial charge in [0.05, 0.1) is 14.1 Å². The van der Waals surface area contributed by atoms with Gasteiger partial charge in [-0.25, -0.2) is 9.13 Å². The third kappa shape index (κ3) is 17.3. The Morgan fingerprint density at radius 3 is 1.57 bits per heavy atom. The Bertz CT molecular complexity index is 244. The van der Waals surface area contributed by atoms with E-state index in [1.54, 1.807) is 0 Å². The summed E-state index contributed by atoms with van der Waals surface area (Å²) in [5, 5.41) is 0. The van der Waals surface area contributed by atoms with E-state index in [4.69, 9.17) is 0 Å². The largest absolute Gasteiger partial charge is 1.00 e. The zero-order chi connectivity index (χ0) is 10.7. The van der Waals surface area contributed by atoms with Crippen molar-refractivity contribution in [3.63, 3.8) is 0 Å². The third-order valence-electron chi connectivity index (χ3n) is 0.901. The molecule has 0 saturated heterocycles. The summed E-state index contributed by atoms with van der Waals surface area (Å²) >= 11 is 0. The molecule has 14 heavy (non-hydrogen) atoms. The van der Waals surface area contributed by atoms with Crippen molar-refractivity contribution >= 4 is 8.16 Å². The van der Waals surface area contributed by atoms with E-state index < -0.39 is 8.16 Å². The van der Waals surface area contributed by atoms with Crippen molar-refractivity contribution in [1.82, 2.24) is 4.57 Å². The van der Waals surface area contributed by atoms with Crippen LogP contribution < -0.4 is 9.27 Å². The molecule has 1 rings (SSSR count). The van der Waals surface area contributed by atoms with Crippen LogP contribution in [0.2, 0.25) is 0 Å². The second-order valence-electron chi connectivity index (χ2n) is 2.38. The van der Waals surface area contributed by atoms with Crippen molar-refractivity contribution in [2.75, 3.05) is 0 Å². The van der Waals surface area contributed by atoms with Gasteiger partial charge in [0.2, 0.25) is 6.33 Å². The summed E-state index contributed by atoms with van der Waals surface area (Å²) in [4.78, 5) is 0. The van der Waals surface area contributed by atoms with Gasteiger partial charge in [-0.05, 0) is 0 Å². The van der Waals surface area contributed by atoms with Crippen LogP contribution in [0.5, 0.6) is 0 Å². The van der Waals surface area contributed by atoms with Gasteiger partial charge in [0.15, 0.2) is 0 Å². The molecule has 0 fully saturated rings. The van der Waals surface area contributed by atoms with Crippen LogP contribution in [0.1, 0.15) is 0 Å². The second-order valence-corrected chi connectivity index (χ2v) is 3.66. The number of aromatic nitrogens is 2. The quantitative estimate of drug-likeness (QED) is 0.339. The number of hydrogen-bond donors (Lipinski definition) is 0. The molecule has 0 bridgehead atoms. The zero-order valence-corrected chi connectivity index (χ0v) is 8.24. The van der Waals surface area contributed by atoms with Crippen LogP contribution in [0.15, 0.2) is 18.7 Å². The topological polar surface area (TPSA) is 8.81 Å². The van der Waals surface area contributed by atoms with Crippen molar-refractivity contribution in [2.45, 2.75) is 0 Å². The van der Waals surface area contributed by atoms with Crippen molar-refractivity contribution in [2.24, 2.45) is 14.1 Å². The smallest absolute Gasteiger partial charge is 1.00 e. The second kappa shape index (κ2) is 4.63. The minimum Gasteiger partial charge on any atom is -1.00 e. The summed E-state index contributed by atoms with van der Waals surface area (Å²) in [6, 6.07) is 0. The minimum atomic E-state index is -8.55. The Hall–Kier alpha value is -0.780. The Balaban J connectivity index is 0. The molecule has 0 unspecified atom stereocenters. The fourth-order valence-corrected chi connectivity index (χ4v) is 0.575. The number of hydrogen-bond acceptors (Lipinski definition) is 0. The fraction of sp³-hybridized carbons (Fsp3) is 0.400. The summed E-state index contributed by atoms with van der Waals surface area (Å²) < 4.78 is 53.2. The van der Waals surface area contributed by atoms with Gasteiger partial charge in [0, 0.05) is 0 Å². The average Bonchev–Trinajstić information content (AvgIpc) is 2.07. The van der Waals surface area contributed by atoms with Gasteiger partial charge >= 0.3 is 29.1 Å². The van der Waals surface area contributed by atoms with Crippen LogP contribution in [-0.2, 0) is 14.1 Å². The summed E-state index contributed by atoms with van der Waals surface area (Å²) in [5.41, 5.74) is 0. The van der Waals surface area contributed by atoms with Gasteiger partial charge in [0.1, 0.15) is 12.4 Å². The molecule has 1 heterocycles. The molecule has 0 aliphatic carbocycles. The third-order valence-corrected chi connectivity index (χ3v) is 0.901. The molecule has 0 atom stereocenters. The maximum Gasteiger partial charge on any atom is -1.00 e. The molecule has 0 aliphatic rings. The van der Waals surface area contributed by atoms with Gasteiger partial charge in [-0.2, -0.15) is 0 Å². The fourth-order valence-electron chi connectivity index (χ4n) is 0.575. The SMILES string of the molecule is Cn1cc[n+](C)c1.FP(F)(F)(F)F.[F-]. The summed E-state index contributed by atoms with van der Waals surface area (Å²) in [6.45, 7) is 0. The summed E-state index contributed by atoms with van der Waals surface area (Å²) in [5.74, 6) is 0. The number of nitrogens with zero attached hydrogens (tertiary/aromatic N) is 2. The molecule has 0 aliphatic heterocycles. The zero-order valence-electron chi connectivity index (χ0n) is 7.34. The Kier molecular flexibility index (Phi) is 5.19. The van der Waals surface area contributed by atoms with Crippen LogP contribution in [0.25, 0.3) is 0 Å². The van der Waals surface area contributed by atoms with Crippen molar-refractivity contribution in [1.29, 1.82) is 0 Å². The first kappa shape index (κ1) is 15.7. The average molecular weight is 242 g/mol. The van der Waals surface area contributed by atoms with Crippen LogP contribution in [0, 0.1) is 0 Å². The molecule has 2 nitrogen and oxygen atoms in total. The Morgan fingerprint density at radius 2 is 1.50 bits per heavy atom. The van der Waals surface area contributed by atoms with Crippen molar-refractivity contribution in [3.05, 3.63) is 18.7 Å². The van der Waals surface area contributed by atoms with E-state index in [0.29, 0.717) is 0 Å². The van der Waals surface area contributed by atoms with Crippen LogP contribution in [0.3, 0.4) is 0 Å². The molecule has 1 aromatic heterocycles. The molecule has 1 aromatic rings. The Labute approximate surface area is 76.9 Å². The van der Waals surface area contributed by atoms with E-state index >= 15 is 0 Å². The number of rotatable bonds is 0. The molecular weight excluding hydrogens is 233 g/mol. The van der Waals surface area contributed by atoms with Gasteiger partial charge in [-0.1, -0.05) is 0 Å². The molecule has 0 amide bonds. The molecule has 0 saturated carbocycles. The first-order valence-corrected chi connectivity index (χ1v) is 4.80. The number of halogens is 6. The van der Waals surface area contributed by atoms with Gasteiger partial charge in [-0.15, -0.1) is 0 Å². The summed E-state index contributed by atoms with van der Waals surface area (Å²) in [6.07, 6.45) is 6.00. The standard InChI is InChI=1S/C5H9N2.F5P.FH/c1-6-3-4-7(2)5-6;1-6(2,3,4)5;/h3-5H,1-2H3;;1H/q+1;;/p-1. The van der Waals surface area contributed by atoms with E-state index in [9.17, 15) is 21.0 Å². The molecule has 0 aromatic carbocycles. The predicted octanol–water partition coefficient (Wildman–Crippen LogP) is -0.184. The molecule has 0 spiro atoms. The van der Waals surface area contributed by atoms with Gasteiger partial charge in [0.25, 0.3) is 0 Å². The van der Waals surface area contributed by atoms with Crippen molar-refractivity contribution < 1.29 is 30.3 Å². The van der Waals surface area contributed by atoms with E-state index in [1.807, 2.05) is 42.0 Å². The number of aryl methyl sites for hydroxylation is 2. The Morgan fingerprint density at radius 1 is 1.14 bits per heavy atom. The number of imidazole rings is 1. The maximum absolute atomic E-state index is 9.84. The minimum absolute atomic E-state index is 0. The van der Waals surface area contributed by atoms with Crippen LogP contribution >= 0.6 is 8.16 Å². The summed E-state index contributed by atoms with van der Waals surface area (Å²) in [7, 11) is -4.55. The van der Waals surface area contributed by atoms with Crippen molar-refractivity contribution in [3.8, 4) is 0 Å². The maximum atomic E-state index is 9.84. The van der Waals surface area contributed by atoms with E-state index in [0.717, 1.165) is 0 Å². The van der Waals surface area contributed by atoms with Crippen LogP contribution in [0.4, 0.5) is 21.0 Å². The predicted molar refractivity (Wildman–Crippen MR) is 39.0 cm³/mol. The molecule has 0 radical (unpaired) electrons. The van der Waals surface area contributed by atoms with Gasteiger partial charge < -0.3 is 4.70 Å². The van der Waals surface area contributed by atoms with E-state index in [-0.39, 0.29) is 4.70 Å². The van der Waals surface area contributed by atoms with Crippen LogP contribution in [-0.4, -0.2) is 4.57 Å². The molecular formula is C5H9F6N2P. The van der Waals surface area contributed by atoms with E-state index in [2.05, 4.69) is 0 Å². The van der Waals surface area contributed by atoms with E-state index in [1.165, 1.54) is 0 Å². The normalized spacial score (nSPS) is 12.9.